The number of hydrogen-bond acceptors (Lipinski definition) is 4. The molecular weight excluding hydrogens is 755 g/mol. The topological polar surface area (TPSA) is 47.9 Å². The van der Waals surface area contributed by atoms with Crippen molar-refractivity contribution in [1.29, 1.82) is 0 Å². The molecule has 4 heteroatoms. The van der Waals surface area contributed by atoms with Gasteiger partial charge in [-0.25, -0.2) is 15.0 Å². The van der Waals surface area contributed by atoms with Crippen molar-refractivity contribution in [3.05, 3.63) is 247 Å². The lowest BCUT2D eigenvalue weighted by atomic mass is 9.66. The lowest BCUT2D eigenvalue weighted by Gasteiger charge is -2.39. The monoisotopic (exact) mass is 791 g/mol. The Hall–Kier alpha value is -8.21. The van der Waals surface area contributed by atoms with Gasteiger partial charge in [0.25, 0.3) is 0 Å². The summed E-state index contributed by atoms with van der Waals surface area (Å²) in [6.45, 7) is 0. The molecule has 1 spiro atoms. The molecule has 3 heterocycles. The molecular formula is C58H37N3O. The van der Waals surface area contributed by atoms with Crippen LogP contribution >= 0.6 is 0 Å². The molecule has 62 heavy (non-hydrogen) atoms. The highest BCUT2D eigenvalue weighted by atomic mass is 16.5. The van der Waals surface area contributed by atoms with Crippen LogP contribution in [-0.2, 0) is 5.41 Å². The molecule has 12 rings (SSSR count). The minimum Gasteiger partial charge on any atom is -0.457 e. The van der Waals surface area contributed by atoms with Crippen molar-refractivity contribution >= 4 is 0 Å². The molecule has 0 N–H and O–H groups in total. The molecule has 0 fully saturated rings. The van der Waals surface area contributed by atoms with Crippen molar-refractivity contribution in [2.24, 2.45) is 0 Å². The molecule has 290 valence electrons. The van der Waals surface area contributed by atoms with Crippen LogP contribution < -0.4 is 4.74 Å². The van der Waals surface area contributed by atoms with Crippen LogP contribution in [0.5, 0.6) is 11.5 Å². The van der Waals surface area contributed by atoms with Gasteiger partial charge in [0.15, 0.2) is 5.82 Å². The number of rotatable bonds is 6. The van der Waals surface area contributed by atoms with E-state index in [4.69, 9.17) is 19.7 Å². The van der Waals surface area contributed by atoms with Crippen LogP contribution in [0, 0.1) is 0 Å². The zero-order valence-electron chi connectivity index (χ0n) is 33.6. The van der Waals surface area contributed by atoms with Crippen molar-refractivity contribution in [1.82, 2.24) is 15.0 Å². The molecule has 10 aromatic rings. The zero-order chi connectivity index (χ0) is 41.0. The van der Waals surface area contributed by atoms with Gasteiger partial charge in [-0.15, -0.1) is 0 Å². The first kappa shape index (κ1) is 35.7. The van der Waals surface area contributed by atoms with Gasteiger partial charge in [0.05, 0.1) is 28.2 Å². The van der Waals surface area contributed by atoms with Gasteiger partial charge in [0.2, 0.25) is 0 Å². The largest absolute Gasteiger partial charge is 0.457 e. The molecule has 0 saturated heterocycles. The second-order valence-electron chi connectivity index (χ2n) is 15.9. The van der Waals surface area contributed by atoms with Gasteiger partial charge >= 0.3 is 0 Å². The normalized spacial score (nSPS) is 12.8. The van der Waals surface area contributed by atoms with Crippen molar-refractivity contribution in [2.75, 3.05) is 0 Å². The van der Waals surface area contributed by atoms with Crippen molar-refractivity contribution < 1.29 is 4.74 Å². The molecule has 1 aliphatic heterocycles. The number of para-hydroxylation sites is 1. The van der Waals surface area contributed by atoms with E-state index in [0.717, 1.165) is 84.3 Å². The Morgan fingerprint density at radius 1 is 0.290 bits per heavy atom. The van der Waals surface area contributed by atoms with Crippen molar-refractivity contribution in [3.63, 3.8) is 0 Å². The molecule has 0 atom stereocenters. The van der Waals surface area contributed by atoms with E-state index >= 15 is 0 Å². The average Bonchev–Trinajstić information content (AvgIpc) is 3.65. The molecule has 2 aliphatic rings. The number of nitrogens with zero attached hydrogens (tertiary/aromatic N) is 3. The molecule has 2 aromatic heterocycles. The average molecular weight is 792 g/mol. The molecule has 1 aliphatic carbocycles. The fraction of sp³-hybridized carbons (Fsp3) is 0.0172. The maximum absolute atomic E-state index is 6.75. The maximum Gasteiger partial charge on any atom is 0.160 e. The number of aromatic nitrogens is 3. The van der Waals surface area contributed by atoms with Crippen molar-refractivity contribution in [3.8, 4) is 90.2 Å². The lowest BCUT2D eigenvalue weighted by Crippen LogP contribution is -2.32. The van der Waals surface area contributed by atoms with E-state index in [1.165, 1.54) is 22.3 Å². The van der Waals surface area contributed by atoms with Crippen LogP contribution in [0.3, 0.4) is 0 Å². The van der Waals surface area contributed by atoms with E-state index in [1.807, 2.05) is 30.3 Å². The maximum atomic E-state index is 6.75. The van der Waals surface area contributed by atoms with E-state index in [2.05, 4.69) is 194 Å². The number of hydrogen-bond donors (Lipinski definition) is 0. The Morgan fingerprint density at radius 3 is 1.47 bits per heavy atom. The van der Waals surface area contributed by atoms with Gasteiger partial charge in [-0.2, -0.15) is 0 Å². The molecule has 0 unspecified atom stereocenters. The summed E-state index contributed by atoms with van der Waals surface area (Å²) in [6, 6.07) is 78.8. The number of benzene rings is 8. The SMILES string of the molecule is c1ccc(-c2ccc(-c3ccc(-c4cc(-c5ccc6c(c5)C5(c7ccccc7O6)c6ccccc6-c6ccccc65)nc(-c5ccccc5)n4)cc3)c(-c3ccccc3)n2)cc1. The third kappa shape index (κ3) is 5.72. The molecule has 0 bridgehead atoms. The summed E-state index contributed by atoms with van der Waals surface area (Å²) < 4.78 is 6.75. The van der Waals surface area contributed by atoms with E-state index in [1.54, 1.807) is 0 Å². The van der Waals surface area contributed by atoms with Gasteiger partial charge < -0.3 is 4.74 Å². The van der Waals surface area contributed by atoms with E-state index in [9.17, 15) is 0 Å². The first-order chi connectivity index (χ1) is 30.7. The van der Waals surface area contributed by atoms with Gasteiger partial charge in [-0.3, -0.25) is 0 Å². The van der Waals surface area contributed by atoms with E-state index < -0.39 is 5.41 Å². The second-order valence-corrected chi connectivity index (χ2v) is 15.9. The minimum absolute atomic E-state index is 0.575. The summed E-state index contributed by atoms with van der Waals surface area (Å²) >= 11 is 0. The highest BCUT2D eigenvalue weighted by molar-refractivity contribution is 5.89. The standard InChI is InChI=1S/C58H37N3O/c1-4-16-39(17-5-1)51-34-33-44(56(59-51)41-18-6-2-7-19-41)38-28-30-40(31-29-38)52-37-53(61-57(60-52)42-20-8-3-9-21-42)43-32-35-55-50(36-43)58(49-26-14-15-27-54(49)62-55)47-24-12-10-22-45(47)46-23-11-13-25-48(46)58/h1-37H. The number of fused-ring (bicyclic) bond motifs is 9. The fourth-order valence-electron chi connectivity index (χ4n) is 9.57. The highest BCUT2D eigenvalue weighted by Gasteiger charge is 2.51. The predicted molar refractivity (Wildman–Crippen MR) is 250 cm³/mol. The Bertz CT molecular complexity index is 3260. The summed E-state index contributed by atoms with van der Waals surface area (Å²) in [7, 11) is 0. The predicted octanol–water partition coefficient (Wildman–Crippen LogP) is 14.3. The third-order valence-corrected chi connectivity index (χ3v) is 12.4. The molecule has 0 radical (unpaired) electrons. The van der Waals surface area contributed by atoms with Gasteiger partial charge in [-0.05, 0) is 64.2 Å². The Labute approximate surface area is 360 Å². The Balaban J connectivity index is 1.00. The smallest absolute Gasteiger partial charge is 0.160 e. The Kier molecular flexibility index (Phi) is 8.36. The van der Waals surface area contributed by atoms with Gasteiger partial charge in [-0.1, -0.05) is 188 Å². The molecule has 0 amide bonds. The van der Waals surface area contributed by atoms with Crippen LogP contribution in [0.25, 0.3) is 78.7 Å². The van der Waals surface area contributed by atoms with Gasteiger partial charge in [0.1, 0.15) is 11.5 Å². The van der Waals surface area contributed by atoms with Crippen LogP contribution in [0.2, 0.25) is 0 Å². The van der Waals surface area contributed by atoms with E-state index in [-0.39, 0.29) is 0 Å². The third-order valence-electron chi connectivity index (χ3n) is 12.4. The summed E-state index contributed by atoms with van der Waals surface area (Å²) in [5.74, 6) is 2.38. The fourth-order valence-corrected chi connectivity index (χ4v) is 9.57. The second kappa shape index (κ2) is 14.5. The van der Waals surface area contributed by atoms with Crippen LogP contribution in [0.4, 0.5) is 0 Å². The minimum atomic E-state index is -0.575. The molecule has 4 nitrogen and oxygen atoms in total. The summed E-state index contributed by atoms with van der Waals surface area (Å²) in [6.07, 6.45) is 0. The van der Waals surface area contributed by atoms with Gasteiger partial charge in [0, 0.05) is 44.5 Å². The van der Waals surface area contributed by atoms with E-state index in [0.29, 0.717) is 5.82 Å². The lowest BCUT2D eigenvalue weighted by molar-refractivity contribution is 0.436. The summed E-state index contributed by atoms with van der Waals surface area (Å²) in [5, 5.41) is 0. The molecule has 8 aromatic carbocycles. The van der Waals surface area contributed by atoms with Crippen LogP contribution in [0.15, 0.2) is 224 Å². The summed E-state index contributed by atoms with van der Waals surface area (Å²) in [5.41, 5.74) is 17.5. The highest BCUT2D eigenvalue weighted by Crippen LogP contribution is 2.62. The number of pyridine rings is 1. The Morgan fingerprint density at radius 2 is 0.790 bits per heavy atom. The first-order valence-electron chi connectivity index (χ1n) is 21.0. The first-order valence-corrected chi connectivity index (χ1v) is 21.0. The quantitative estimate of drug-likeness (QED) is 0.168. The number of ether oxygens (including phenoxy) is 1. The zero-order valence-corrected chi connectivity index (χ0v) is 33.6. The summed E-state index contributed by atoms with van der Waals surface area (Å²) in [4.78, 5) is 15.7. The molecule has 0 saturated carbocycles. The van der Waals surface area contributed by atoms with Crippen LogP contribution in [-0.4, -0.2) is 15.0 Å². The van der Waals surface area contributed by atoms with Crippen molar-refractivity contribution in [2.45, 2.75) is 5.41 Å². The van der Waals surface area contributed by atoms with Crippen LogP contribution in [0.1, 0.15) is 22.3 Å².